The largest absolute Gasteiger partial charge is 0.417 e. The Morgan fingerprint density at radius 1 is 0.293 bits per heavy atom. The second kappa shape index (κ2) is 22.7. The molecule has 92 heavy (non-hydrogen) atoms. The van der Waals surface area contributed by atoms with Crippen LogP contribution < -0.4 is 0 Å². The van der Waals surface area contributed by atoms with E-state index < -0.39 is 11.7 Å². The van der Waals surface area contributed by atoms with Crippen LogP contribution in [0.25, 0.3) is 156 Å². The lowest BCUT2D eigenvalue weighted by Gasteiger charge is -2.23. The molecule has 0 aliphatic heterocycles. The number of pyridine rings is 4. The minimum atomic E-state index is -4.78. The van der Waals surface area contributed by atoms with E-state index in [4.69, 9.17) is 19.9 Å². The molecule has 10 aromatic carbocycles. The first-order valence-corrected chi connectivity index (χ1v) is 30.2. The fourth-order valence-electron chi connectivity index (χ4n) is 12.9. The molecular weight excluding hydrogens is 1140 g/mol. The number of aromatic nitrogens is 6. The molecule has 0 spiro atoms. The minimum absolute atomic E-state index is 0.0516. The van der Waals surface area contributed by atoms with Crippen LogP contribution in [0.2, 0.25) is 0 Å². The quantitative estimate of drug-likeness (QED) is 0.129. The van der Waals surface area contributed by atoms with Crippen molar-refractivity contribution in [3.05, 3.63) is 315 Å². The maximum absolute atomic E-state index is 16.1. The number of hydrogen-bond acceptors (Lipinski definition) is 5. The smallest absolute Gasteiger partial charge is 0.308 e. The second-order valence-electron chi connectivity index (χ2n) is 22.8. The number of alkyl halides is 3. The van der Waals surface area contributed by atoms with Gasteiger partial charge in [0.2, 0.25) is 0 Å². The van der Waals surface area contributed by atoms with Crippen LogP contribution in [0, 0.1) is 11.3 Å². The molecule has 0 radical (unpaired) electrons. The molecule has 0 N–H and O–H groups in total. The van der Waals surface area contributed by atoms with E-state index in [1.54, 1.807) is 24.3 Å². The molecule has 0 saturated carbocycles. The molecule has 6 aromatic heterocycles. The summed E-state index contributed by atoms with van der Waals surface area (Å²) in [7, 11) is 0. The summed E-state index contributed by atoms with van der Waals surface area (Å²) < 4.78 is 52.2. The van der Waals surface area contributed by atoms with Crippen molar-refractivity contribution < 1.29 is 13.2 Å². The molecule has 6 heterocycles. The van der Waals surface area contributed by atoms with Crippen molar-refractivity contribution in [1.82, 2.24) is 29.1 Å². The zero-order valence-corrected chi connectivity index (χ0v) is 49.1. The summed E-state index contributed by atoms with van der Waals surface area (Å²) in [6, 6.07) is 92.8. The van der Waals surface area contributed by atoms with E-state index in [-0.39, 0.29) is 16.7 Å². The van der Waals surface area contributed by atoms with Gasteiger partial charge in [0.05, 0.1) is 73.4 Å². The van der Waals surface area contributed by atoms with Gasteiger partial charge < -0.3 is 9.13 Å². The molecule has 7 nitrogen and oxygen atoms in total. The molecule has 0 unspecified atom stereocenters. The van der Waals surface area contributed by atoms with Crippen LogP contribution >= 0.6 is 0 Å². The lowest BCUT2D eigenvalue weighted by Crippen LogP contribution is -2.10. The molecule has 0 aliphatic rings. The van der Waals surface area contributed by atoms with Crippen LogP contribution in [-0.4, -0.2) is 29.1 Å². The Hall–Kier alpha value is -12.3. The van der Waals surface area contributed by atoms with Crippen LogP contribution in [0.3, 0.4) is 0 Å². The van der Waals surface area contributed by atoms with Gasteiger partial charge in [-0.3, -0.25) is 19.9 Å². The molecule has 0 atom stereocenters. The summed E-state index contributed by atoms with van der Waals surface area (Å²) in [6.45, 7) is 0. The van der Waals surface area contributed by atoms with Gasteiger partial charge in [-0.25, -0.2) is 0 Å². The molecule has 434 valence electrons. The van der Waals surface area contributed by atoms with Gasteiger partial charge >= 0.3 is 6.18 Å². The zero-order chi connectivity index (χ0) is 61.9. The number of nitrogens with zero attached hydrogens (tertiary/aromatic N) is 7. The number of rotatable bonds is 11. The van der Waals surface area contributed by atoms with E-state index in [1.165, 1.54) is 6.07 Å². The summed E-state index contributed by atoms with van der Waals surface area (Å²) in [5.74, 6) is 0. The van der Waals surface area contributed by atoms with Gasteiger partial charge in [-0.05, 0) is 119 Å². The SMILES string of the molecule is N#Cc1cc(-n2c3ccc(-c4ccc(-c5ccccc5)nc4)cc3c3cc(-c4ccc(-c5ccccc5)nc4)ccc32)c(-c2ccccc2C(F)(F)F)c(-n2c3ccc(-c4ccc(-c5ccccc5)nc4)cc3c3cc(-c4ccc(-c5ccccc5)nc4)ccc32)c1. The minimum Gasteiger partial charge on any atom is -0.308 e. The maximum atomic E-state index is 16.1. The lowest BCUT2D eigenvalue weighted by atomic mass is 9.94. The first kappa shape index (κ1) is 55.0. The normalized spacial score (nSPS) is 11.6. The standard InChI is InChI=1S/C82H50F3N7/c83-82(84,85)70-24-14-13-23-65(70)81-79(91-75-37-29-57(61-25-33-71(87-48-61)53-15-5-1-6-16-53)43-66(75)67-44-58(30-38-76(67)91)62-26-34-72(88-49-62)54-17-7-2-8-18-54)41-52(47-86)42-80(81)92-77-39-31-59(63-27-35-73(89-50-63)55-19-9-3-10-20-55)45-68(77)69-46-60(32-40-78(69)92)64-28-36-74(90-51-64)56-21-11-4-12-22-56/h1-46,48-51H. The summed E-state index contributed by atoms with van der Waals surface area (Å²) in [6.07, 6.45) is 2.71. The van der Waals surface area contributed by atoms with Gasteiger partial charge in [0.1, 0.15) is 0 Å². The number of benzene rings is 10. The highest BCUT2D eigenvalue weighted by atomic mass is 19.4. The Morgan fingerprint density at radius 2 is 0.576 bits per heavy atom. The molecule has 16 aromatic rings. The third-order valence-electron chi connectivity index (χ3n) is 17.4. The third kappa shape index (κ3) is 9.91. The molecule has 0 bridgehead atoms. The molecule has 0 fully saturated rings. The van der Waals surface area contributed by atoms with Gasteiger partial charge in [0, 0.05) is 96.4 Å². The van der Waals surface area contributed by atoms with Crippen LogP contribution in [0.15, 0.2) is 304 Å². The van der Waals surface area contributed by atoms with E-state index in [1.807, 2.05) is 228 Å². The predicted molar refractivity (Wildman–Crippen MR) is 365 cm³/mol. The van der Waals surface area contributed by atoms with Crippen molar-refractivity contribution in [2.45, 2.75) is 6.18 Å². The molecule has 0 amide bonds. The fraction of sp³-hybridized carbons (Fsp3) is 0.0122. The topological polar surface area (TPSA) is 85.2 Å². The van der Waals surface area contributed by atoms with Gasteiger partial charge in [-0.2, -0.15) is 18.4 Å². The average molecular weight is 1190 g/mol. The van der Waals surface area contributed by atoms with Crippen molar-refractivity contribution >= 4 is 43.6 Å². The highest BCUT2D eigenvalue weighted by Gasteiger charge is 2.36. The molecular formula is C82H50F3N7. The molecule has 10 heteroatoms. The summed E-state index contributed by atoms with van der Waals surface area (Å²) in [4.78, 5) is 19.6. The lowest BCUT2D eigenvalue weighted by molar-refractivity contribution is -0.137. The van der Waals surface area contributed by atoms with Crippen LogP contribution in [0.4, 0.5) is 13.2 Å². The van der Waals surface area contributed by atoms with Crippen molar-refractivity contribution in [3.8, 4) is 118 Å². The average Bonchev–Trinajstić information content (AvgIpc) is 1.53. The van der Waals surface area contributed by atoms with E-state index in [0.717, 1.165) is 139 Å². The monoisotopic (exact) mass is 1190 g/mol. The highest BCUT2D eigenvalue weighted by Crippen LogP contribution is 2.48. The summed E-state index contributed by atoms with van der Waals surface area (Å²) >= 11 is 0. The number of halogens is 3. The first-order valence-electron chi connectivity index (χ1n) is 30.2. The van der Waals surface area contributed by atoms with Crippen molar-refractivity contribution in [1.29, 1.82) is 5.26 Å². The van der Waals surface area contributed by atoms with E-state index >= 15 is 13.2 Å². The van der Waals surface area contributed by atoms with Crippen LogP contribution in [-0.2, 0) is 6.18 Å². The van der Waals surface area contributed by atoms with Gasteiger partial charge in [-0.15, -0.1) is 0 Å². The van der Waals surface area contributed by atoms with E-state index in [2.05, 4.69) is 54.6 Å². The van der Waals surface area contributed by atoms with Crippen LogP contribution in [0.5, 0.6) is 0 Å². The van der Waals surface area contributed by atoms with Gasteiger partial charge in [0.25, 0.3) is 0 Å². The third-order valence-corrected chi connectivity index (χ3v) is 17.4. The predicted octanol–water partition coefficient (Wildman–Crippen LogP) is 21.4. The van der Waals surface area contributed by atoms with E-state index in [9.17, 15) is 5.26 Å². The maximum Gasteiger partial charge on any atom is 0.417 e. The second-order valence-corrected chi connectivity index (χ2v) is 22.8. The van der Waals surface area contributed by atoms with Gasteiger partial charge in [-0.1, -0.05) is 188 Å². The molecule has 0 saturated heterocycles. The molecule has 0 aliphatic carbocycles. The van der Waals surface area contributed by atoms with Gasteiger partial charge in [0.15, 0.2) is 0 Å². The van der Waals surface area contributed by atoms with Crippen molar-refractivity contribution in [2.24, 2.45) is 0 Å². The Balaban J connectivity index is 0.946. The Morgan fingerprint density at radius 3 is 0.848 bits per heavy atom. The summed E-state index contributed by atoms with van der Waals surface area (Å²) in [5, 5.41) is 14.7. The first-order chi connectivity index (χ1) is 45.2. The molecule has 16 rings (SSSR count). The highest BCUT2D eigenvalue weighted by molar-refractivity contribution is 6.14. The Bertz CT molecular complexity index is 4920. The number of fused-ring (bicyclic) bond motifs is 6. The van der Waals surface area contributed by atoms with E-state index in [0.29, 0.717) is 11.4 Å². The van der Waals surface area contributed by atoms with Crippen LogP contribution in [0.1, 0.15) is 11.1 Å². The fourth-order valence-corrected chi connectivity index (χ4v) is 12.9. The summed E-state index contributed by atoms with van der Waals surface area (Å²) in [5.41, 5.74) is 17.8. The Labute approximate surface area is 527 Å². The number of hydrogen-bond donors (Lipinski definition) is 0. The zero-order valence-electron chi connectivity index (χ0n) is 49.1. The van der Waals surface area contributed by atoms with Crippen molar-refractivity contribution in [3.63, 3.8) is 0 Å². The number of nitriles is 1. The Kier molecular flexibility index (Phi) is 13.6. The van der Waals surface area contributed by atoms with Crippen molar-refractivity contribution in [2.75, 3.05) is 0 Å².